The normalized spacial score (nSPS) is 13.5. The Labute approximate surface area is 238 Å². The topological polar surface area (TPSA) is 154 Å². The number of rotatable bonds is 16. The highest BCUT2D eigenvalue weighted by Gasteiger charge is 2.31. The maximum absolute atomic E-state index is 14.2. The highest BCUT2D eigenvalue weighted by atomic mass is 32.2. The van der Waals surface area contributed by atoms with E-state index in [4.69, 9.17) is 5.84 Å². The van der Waals surface area contributed by atoms with Crippen molar-refractivity contribution in [1.82, 2.24) is 8.98 Å². The first-order valence-corrected chi connectivity index (χ1v) is 15.7. The number of nitrogens with two attached hydrogens (primary N) is 1. The van der Waals surface area contributed by atoms with Crippen LogP contribution < -0.4 is 11.4 Å². The molecule has 40 heavy (non-hydrogen) atoms. The molecule has 1 aromatic heterocycles. The predicted octanol–water partition coefficient (Wildman–Crippen LogP) is 6.29. The molecule has 0 aliphatic rings. The molecule has 0 fully saturated rings. The van der Waals surface area contributed by atoms with Gasteiger partial charge in [0.15, 0.2) is 5.69 Å². The van der Waals surface area contributed by atoms with Crippen molar-refractivity contribution in [2.75, 3.05) is 18.9 Å². The van der Waals surface area contributed by atoms with Crippen molar-refractivity contribution in [1.29, 1.82) is 5.26 Å². The van der Waals surface area contributed by atoms with E-state index in [9.17, 15) is 23.6 Å². The fraction of sp³-hybridized carbons (Fsp3) is 0.586. The molecule has 1 heterocycles. The molecular formula is C29H44N6O4S. The highest BCUT2D eigenvalue weighted by Crippen LogP contribution is 2.34. The number of aromatic nitrogens is 1. The lowest BCUT2D eigenvalue weighted by Gasteiger charge is -2.30. The zero-order valence-electron chi connectivity index (χ0n) is 24.4. The number of hydrogen-bond acceptors (Lipinski definition) is 8. The van der Waals surface area contributed by atoms with Crippen LogP contribution in [0.4, 0.5) is 11.4 Å². The SMILES string of the molecule is CCCCC(CC)CN(CC(CC)CCCC)S(=O)(=O)c1ccccc1/N=N/c1c(C)c(C#N)c(=O)n(N)c1O. The van der Waals surface area contributed by atoms with E-state index in [1.165, 1.54) is 19.1 Å². The van der Waals surface area contributed by atoms with Crippen molar-refractivity contribution in [3.63, 3.8) is 0 Å². The molecule has 2 unspecified atom stereocenters. The van der Waals surface area contributed by atoms with Crippen LogP contribution in [0.15, 0.2) is 44.2 Å². The van der Waals surface area contributed by atoms with Crippen LogP contribution in [0.25, 0.3) is 0 Å². The smallest absolute Gasteiger partial charge is 0.290 e. The number of hydrogen-bond donors (Lipinski definition) is 2. The molecule has 3 N–H and O–H groups in total. The Bertz CT molecular complexity index is 1350. The summed E-state index contributed by atoms with van der Waals surface area (Å²) < 4.78 is 30.5. The summed E-state index contributed by atoms with van der Waals surface area (Å²) in [6, 6.07) is 8.11. The summed E-state index contributed by atoms with van der Waals surface area (Å²) in [6.45, 7) is 10.8. The molecule has 10 nitrogen and oxygen atoms in total. The second-order valence-electron chi connectivity index (χ2n) is 10.3. The predicted molar refractivity (Wildman–Crippen MR) is 158 cm³/mol. The zero-order chi connectivity index (χ0) is 29.9. The maximum atomic E-state index is 14.2. The van der Waals surface area contributed by atoms with E-state index in [-0.39, 0.29) is 39.2 Å². The van der Waals surface area contributed by atoms with E-state index < -0.39 is 21.5 Å². The minimum absolute atomic E-state index is 0.00755. The minimum Gasteiger partial charge on any atom is -0.492 e. The Morgan fingerprint density at radius 3 is 2.08 bits per heavy atom. The van der Waals surface area contributed by atoms with E-state index in [2.05, 4.69) is 37.9 Å². The summed E-state index contributed by atoms with van der Waals surface area (Å²) in [7, 11) is -3.96. The molecule has 1 aromatic carbocycles. The number of nitrogen functional groups attached to an aromatic ring is 1. The zero-order valence-corrected chi connectivity index (χ0v) is 25.2. The van der Waals surface area contributed by atoms with Gasteiger partial charge in [0.2, 0.25) is 15.9 Å². The molecule has 220 valence electrons. The van der Waals surface area contributed by atoms with Crippen LogP contribution in [-0.2, 0) is 10.0 Å². The van der Waals surface area contributed by atoms with Gasteiger partial charge in [0.1, 0.15) is 22.2 Å². The lowest BCUT2D eigenvalue weighted by atomic mass is 9.97. The number of unbranched alkanes of at least 4 members (excludes halogenated alkanes) is 2. The van der Waals surface area contributed by atoms with E-state index in [0.717, 1.165) is 51.4 Å². The van der Waals surface area contributed by atoms with Crippen LogP contribution in [0.1, 0.15) is 90.2 Å². The molecular weight excluding hydrogens is 528 g/mol. The van der Waals surface area contributed by atoms with Gasteiger partial charge in [-0.15, -0.1) is 10.2 Å². The van der Waals surface area contributed by atoms with E-state index >= 15 is 0 Å². The third kappa shape index (κ3) is 7.92. The van der Waals surface area contributed by atoms with Crippen LogP contribution in [0.3, 0.4) is 0 Å². The van der Waals surface area contributed by atoms with E-state index in [1.807, 2.05) is 0 Å². The lowest BCUT2D eigenvalue weighted by Crippen LogP contribution is -2.39. The molecule has 0 aliphatic carbocycles. The van der Waals surface area contributed by atoms with Crippen LogP contribution in [0.5, 0.6) is 5.88 Å². The van der Waals surface area contributed by atoms with Gasteiger partial charge in [-0.05, 0) is 43.7 Å². The minimum atomic E-state index is -3.96. The average molecular weight is 573 g/mol. The molecule has 0 amide bonds. The number of nitriles is 1. The number of benzene rings is 1. The van der Waals surface area contributed by atoms with Gasteiger partial charge in [-0.3, -0.25) is 4.79 Å². The monoisotopic (exact) mass is 572 g/mol. The molecule has 0 saturated heterocycles. The fourth-order valence-corrected chi connectivity index (χ4v) is 6.43. The Hall–Kier alpha value is -3.23. The summed E-state index contributed by atoms with van der Waals surface area (Å²) in [4.78, 5) is 12.2. The molecule has 0 radical (unpaired) electrons. The molecule has 11 heteroatoms. The lowest BCUT2D eigenvalue weighted by molar-refractivity contribution is 0.270. The maximum Gasteiger partial charge on any atom is 0.290 e. The van der Waals surface area contributed by atoms with Crippen molar-refractivity contribution >= 4 is 21.4 Å². The number of aromatic hydroxyl groups is 1. The summed E-state index contributed by atoms with van der Waals surface area (Å²) in [5.74, 6) is 5.43. The van der Waals surface area contributed by atoms with Crippen molar-refractivity contribution in [3.8, 4) is 11.9 Å². The first kappa shape index (κ1) is 33.0. The van der Waals surface area contributed by atoms with Gasteiger partial charge in [0.05, 0.1) is 0 Å². The summed E-state index contributed by atoms with van der Waals surface area (Å²) in [6.07, 6.45) is 7.87. The number of azo groups is 1. The largest absolute Gasteiger partial charge is 0.492 e. The molecule has 0 saturated carbocycles. The standard InChI is InChI=1S/C29H44N6O4S/c1-6-10-14-22(8-3)19-34(20-23(9-4)15-11-7-2)40(38,39)26-17-13-12-16-25(26)32-33-27-21(5)24(18-30)28(36)35(31)29(27)37/h12-13,16-17,22-23,37H,6-11,14-15,19-20,31H2,1-5H3/b33-32+. The molecule has 2 rings (SSSR count). The number of sulfonamides is 1. The number of pyridine rings is 1. The first-order chi connectivity index (χ1) is 19.1. The summed E-state index contributed by atoms with van der Waals surface area (Å²) >= 11 is 0. The van der Waals surface area contributed by atoms with Gasteiger partial charge in [-0.25, -0.2) is 8.42 Å². The third-order valence-corrected chi connectivity index (χ3v) is 9.34. The molecule has 0 aliphatic heterocycles. The van der Waals surface area contributed by atoms with Crippen LogP contribution in [0.2, 0.25) is 0 Å². The molecule has 2 atom stereocenters. The van der Waals surface area contributed by atoms with Gasteiger partial charge in [0, 0.05) is 18.7 Å². The first-order valence-electron chi connectivity index (χ1n) is 14.2. The fourth-order valence-electron chi connectivity index (χ4n) is 4.71. The van der Waals surface area contributed by atoms with Gasteiger partial charge in [-0.1, -0.05) is 78.4 Å². The van der Waals surface area contributed by atoms with Crippen molar-refractivity contribution < 1.29 is 13.5 Å². The number of nitrogens with zero attached hydrogens (tertiary/aromatic N) is 5. The van der Waals surface area contributed by atoms with Gasteiger partial charge < -0.3 is 10.9 Å². The van der Waals surface area contributed by atoms with Gasteiger partial charge in [0.25, 0.3) is 5.56 Å². The average Bonchev–Trinajstić information content (AvgIpc) is 2.95. The van der Waals surface area contributed by atoms with Crippen LogP contribution in [-0.4, -0.2) is 35.6 Å². The summed E-state index contributed by atoms with van der Waals surface area (Å²) in [5, 5.41) is 28.0. The quantitative estimate of drug-likeness (QED) is 0.178. The summed E-state index contributed by atoms with van der Waals surface area (Å²) in [5.41, 5.74) is -1.14. The Balaban J connectivity index is 2.59. The van der Waals surface area contributed by atoms with Gasteiger partial charge in [-0.2, -0.15) is 14.2 Å². The Kier molecular flexibility index (Phi) is 12.8. The third-order valence-electron chi connectivity index (χ3n) is 7.47. The highest BCUT2D eigenvalue weighted by molar-refractivity contribution is 7.89. The second-order valence-corrected chi connectivity index (χ2v) is 12.2. The Morgan fingerprint density at radius 2 is 1.57 bits per heavy atom. The van der Waals surface area contributed by atoms with Crippen molar-refractivity contribution in [2.45, 2.75) is 90.9 Å². The second kappa shape index (κ2) is 15.5. The molecule has 2 aromatic rings. The van der Waals surface area contributed by atoms with Crippen molar-refractivity contribution in [2.24, 2.45) is 22.1 Å². The van der Waals surface area contributed by atoms with E-state index in [1.54, 1.807) is 22.5 Å². The van der Waals surface area contributed by atoms with Crippen LogP contribution >= 0.6 is 0 Å². The Morgan fingerprint density at radius 1 is 1.02 bits per heavy atom. The van der Waals surface area contributed by atoms with Gasteiger partial charge >= 0.3 is 0 Å². The molecule has 0 spiro atoms. The van der Waals surface area contributed by atoms with Crippen LogP contribution in [0, 0.1) is 30.1 Å². The van der Waals surface area contributed by atoms with E-state index in [0.29, 0.717) is 17.8 Å². The van der Waals surface area contributed by atoms with Crippen molar-refractivity contribution in [3.05, 3.63) is 45.7 Å². The molecule has 0 bridgehead atoms.